The van der Waals surface area contributed by atoms with Crippen LogP contribution in [0.3, 0.4) is 0 Å². The number of aromatic hydroxyl groups is 1. The van der Waals surface area contributed by atoms with Gasteiger partial charge < -0.3 is 10.4 Å². The Kier molecular flexibility index (Phi) is 3.93. The van der Waals surface area contributed by atoms with E-state index in [0.717, 1.165) is 6.07 Å². The number of para-hydroxylation sites is 1. The van der Waals surface area contributed by atoms with E-state index in [-0.39, 0.29) is 27.0 Å². The van der Waals surface area contributed by atoms with E-state index in [0.29, 0.717) is 0 Å². The molecule has 2 N–H and O–H groups in total. The molecule has 0 saturated carbocycles. The van der Waals surface area contributed by atoms with Crippen molar-refractivity contribution in [1.82, 2.24) is 0 Å². The van der Waals surface area contributed by atoms with Crippen molar-refractivity contribution in [2.75, 3.05) is 5.32 Å². The lowest BCUT2D eigenvalue weighted by atomic mass is 10.2. The zero-order valence-corrected chi connectivity index (χ0v) is 11.0. The molecule has 6 heteroatoms. The van der Waals surface area contributed by atoms with Crippen LogP contribution < -0.4 is 5.32 Å². The largest absolute Gasteiger partial charge is 0.506 e. The molecule has 2 rings (SSSR count). The Bertz CT molecular complexity index is 626. The van der Waals surface area contributed by atoms with Gasteiger partial charge in [-0.2, -0.15) is 0 Å². The molecule has 2 aromatic carbocycles. The summed E-state index contributed by atoms with van der Waals surface area (Å²) in [7, 11) is 0. The summed E-state index contributed by atoms with van der Waals surface area (Å²) in [6.45, 7) is 0. The summed E-state index contributed by atoms with van der Waals surface area (Å²) in [5.74, 6) is -1.77. The van der Waals surface area contributed by atoms with Crippen molar-refractivity contribution in [1.29, 1.82) is 0 Å². The van der Waals surface area contributed by atoms with Gasteiger partial charge in [0.25, 0.3) is 5.91 Å². The normalized spacial score (nSPS) is 10.3. The first-order chi connectivity index (χ1) is 9.00. The van der Waals surface area contributed by atoms with Gasteiger partial charge in [-0.3, -0.25) is 4.79 Å². The monoisotopic (exact) mass is 299 g/mol. The number of anilines is 1. The van der Waals surface area contributed by atoms with Crippen molar-refractivity contribution >= 4 is 34.8 Å². The lowest BCUT2D eigenvalue weighted by Crippen LogP contribution is -2.13. The van der Waals surface area contributed by atoms with Gasteiger partial charge in [0.15, 0.2) is 5.82 Å². The molecule has 0 atom stereocenters. The van der Waals surface area contributed by atoms with E-state index >= 15 is 0 Å². The van der Waals surface area contributed by atoms with Gasteiger partial charge in [-0.1, -0.05) is 35.3 Å². The van der Waals surface area contributed by atoms with Gasteiger partial charge in [-0.05, 0) is 24.3 Å². The van der Waals surface area contributed by atoms with Crippen LogP contribution in [-0.4, -0.2) is 11.0 Å². The van der Waals surface area contributed by atoms with E-state index in [2.05, 4.69) is 5.32 Å². The number of phenols is 1. The Morgan fingerprint density at radius 2 is 1.84 bits per heavy atom. The van der Waals surface area contributed by atoms with E-state index in [9.17, 15) is 14.3 Å². The fourth-order valence-corrected chi connectivity index (χ4v) is 1.88. The lowest BCUT2D eigenvalue weighted by Gasteiger charge is -2.09. The molecule has 19 heavy (non-hydrogen) atoms. The van der Waals surface area contributed by atoms with Crippen LogP contribution in [0.2, 0.25) is 10.0 Å². The Morgan fingerprint density at radius 3 is 2.53 bits per heavy atom. The molecular weight excluding hydrogens is 292 g/mol. The highest BCUT2D eigenvalue weighted by Gasteiger charge is 2.16. The number of nitrogens with one attached hydrogen (secondary N) is 1. The Balaban J connectivity index is 2.34. The second kappa shape index (κ2) is 5.47. The van der Waals surface area contributed by atoms with Crippen LogP contribution in [0.15, 0.2) is 36.4 Å². The Morgan fingerprint density at radius 1 is 1.16 bits per heavy atom. The molecule has 0 aromatic heterocycles. The van der Waals surface area contributed by atoms with E-state index in [1.807, 2.05) is 0 Å². The van der Waals surface area contributed by atoms with Crippen molar-refractivity contribution in [2.24, 2.45) is 0 Å². The minimum absolute atomic E-state index is 0.0671. The Hall–Kier alpha value is -1.78. The number of rotatable bonds is 2. The predicted molar refractivity (Wildman–Crippen MR) is 72.5 cm³/mol. The number of halogens is 3. The highest BCUT2D eigenvalue weighted by molar-refractivity contribution is 6.44. The third-order valence-corrected chi connectivity index (χ3v) is 3.25. The summed E-state index contributed by atoms with van der Waals surface area (Å²) in [6.07, 6.45) is 0. The smallest absolute Gasteiger partial charge is 0.257 e. The average Bonchev–Trinajstić information content (AvgIpc) is 2.37. The topological polar surface area (TPSA) is 49.3 Å². The van der Waals surface area contributed by atoms with Gasteiger partial charge in [0, 0.05) is 0 Å². The van der Waals surface area contributed by atoms with Gasteiger partial charge in [0.2, 0.25) is 0 Å². The molecule has 3 nitrogen and oxygen atoms in total. The Labute approximate surface area is 118 Å². The van der Waals surface area contributed by atoms with Gasteiger partial charge in [0.05, 0.1) is 15.6 Å². The maximum atomic E-state index is 13.5. The number of carbonyl (C=O) groups excluding carboxylic acids is 1. The van der Waals surface area contributed by atoms with Gasteiger partial charge in [-0.25, -0.2) is 4.39 Å². The lowest BCUT2D eigenvalue weighted by molar-refractivity contribution is 0.102. The van der Waals surface area contributed by atoms with Gasteiger partial charge in [0.1, 0.15) is 11.4 Å². The van der Waals surface area contributed by atoms with Crippen molar-refractivity contribution in [2.45, 2.75) is 0 Å². The van der Waals surface area contributed by atoms with Crippen LogP contribution in [-0.2, 0) is 0 Å². The molecule has 0 aliphatic carbocycles. The molecule has 0 heterocycles. The molecule has 0 aliphatic heterocycles. The minimum atomic E-state index is -0.744. The number of phenolic OH excluding ortho intramolecular Hbond substituents is 1. The predicted octanol–water partition coefficient (Wildman–Crippen LogP) is 4.09. The summed E-state index contributed by atoms with van der Waals surface area (Å²) < 4.78 is 13.5. The summed E-state index contributed by atoms with van der Waals surface area (Å²) in [5, 5.41) is 12.0. The zero-order valence-electron chi connectivity index (χ0n) is 9.45. The minimum Gasteiger partial charge on any atom is -0.506 e. The van der Waals surface area contributed by atoms with Crippen LogP contribution in [0.1, 0.15) is 10.4 Å². The van der Waals surface area contributed by atoms with Gasteiger partial charge >= 0.3 is 0 Å². The van der Waals surface area contributed by atoms with Crippen LogP contribution in [0.4, 0.5) is 10.1 Å². The fourth-order valence-electron chi connectivity index (χ4n) is 1.50. The first-order valence-corrected chi connectivity index (χ1v) is 5.99. The standard InChI is InChI=1S/C13H8Cl2FNO2/c14-8-4-1-3-7(11(8)15)13(19)17-12-9(16)5-2-6-10(12)18/h1-6,18H,(H,17,19). The van der Waals surface area contributed by atoms with Crippen molar-refractivity contribution in [3.8, 4) is 5.75 Å². The molecule has 0 radical (unpaired) electrons. The van der Waals surface area contributed by atoms with Crippen molar-refractivity contribution in [3.05, 3.63) is 57.8 Å². The summed E-state index contributed by atoms with van der Waals surface area (Å²) >= 11 is 11.7. The molecular formula is C13H8Cl2FNO2. The zero-order chi connectivity index (χ0) is 14.0. The van der Waals surface area contributed by atoms with Gasteiger partial charge in [-0.15, -0.1) is 0 Å². The SMILES string of the molecule is O=C(Nc1c(O)cccc1F)c1cccc(Cl)c1Cl. The maximum Gasteiger partial charge on any atom is 0.257 e. The molecule has 0 fully saturated rings. The third kappa shape index (κ3) is 2.80. The molecule has 0 saturated heterocycles. The quantitative estimate of drug-likeness (QED) is 0.821. The van der Waals surface area contributed by atoms with E-state index in [4.69, 9.17) is 23.2 Å². The van der Waals surface area contributed by atoms with Crippen molar-refractivity contribution < 1.29 is 14.3 Å². The second-order valence-corrected chi connectivity index (χ2v) is 4.47. The van der Waals surface area contributed by atoms with E-state index in [1.165, 1.54) is 24.3 Å². The number of benzene rings is 2. The maximum absolute atomic E-state index is 13.5. The number of amides is 1. The van der Waals surface area contributed by atoms with Crippen molar-refractivity contribution in [3.63, 3.8) is 0 Å². The molecule has 0 spiro atoms. The molecule has 1 amide bonds. The molecule has 0 aliphatic rings. The first-order valence-electron chi connectivity index (χ1n) is 5.23. The third-order valence-electron chi connectivity index (χ3n) is 2.43. The molecule has 0 unspecified atom stereocenters. The van der Waals surface area contributed by atoms with Crippen LogP contribution in [0, 0.1) is 5.82 Å². The van der Waals surface area contributed by atoms with E-state index < -0.39 is 11.7 Å². The fraction of sp³-hybridized carbons (Fsp3) is 0. The van der Waals surface area contributed by atoms with Crippen LogP contribution >= 0.6 is 23.2 Å². The average molecular weight is 300 g/mol. The van der Waals surface area contributed by atoms with Crippen LogP contribution in [0.5, 0.6) is 5.75 Å². The highest BCUT2D eigenvalue weighted by atomic mass is 35.5. The second-order valence-electron chi connectivity index (χ2n) is 3.69. The summed E-state index contributed by atoms with van der Waals surface area (Å²) in [5.41, 5.74) is -0.208. The van der Waals surface area contributed by atoms with E-state index in [1.54, 1.807) is 6.07 Å². The summed E-state index contributed by atoms with van der Waals surface area (Å²) in [6, 6.07) is 8.23. The number of carbonyl (C=O) groups is 1. The number of hydrogen-bond donors (Lipinski definition) is 2. The van der Waals surface area contributed by atoms with Crippen LogP contribution in [0.25, 0.3) is 0 Å². The first kappa shape index (κ1) is 13.6. The summed E-state index contributed by atoms with van der Waals surface area (Å²) in [4.78, 5) is 12.0. The molecule has 98 valence electrons. The molecule has 2 aromatic rings. The molecule has 0 bridgehead atoms. The highest BCUT2D eigenvalue weighted by Crippen LogP contribution is 2.29. The number of hydrogen-bond acceptors (Lipinski definition) is 2.